The summed E-state index contributed by atoms with van der Waals surface area (Å²) in [6.45, 7) is 3.66. The number of carbonyl (C=O) groups excluding carboxylic acids is 1. The number of hydrogen-bond acceptors (Lipinski definition) is 3. The van der Waals surface area contributed by atoms with E-state index in [2.05, 4.69) is 17.9 Å². The lowest BCUT2D eigenvalue weighted by Crippen LogP contribution is -2.55. The lowest BCUT2D eigenvalue weighted by atomic mass is 9.83. The van der Waals surface area contributed by atoms with Crippen LogP contribution >= 0.6 is 0 Å². The average Bonchev–Trinajstić information content (AvgIpc) is 2.71. The van der Waals surface area contributed by atoms with E-state index in [9.17, 15) is 4.79 Å². The smallest absolute Gasteiger partial charge is 0.255 e. The van der Waals surface area contributed by atoms with Crippen molar-refractivity contribution in [2.75, 3.05) is 13.2 Å². The van der Waals surface area contributed by atoms with Gasteiger partial charge in [-0.25, -0.2) is 0 Å². The highest BCUT2D eigenvalue weighted by Gasteiger charge is 2.38. The molecule has 0 spiro atoms. The summed E-state index contributed by atoms with van der Waals surface area (Å²) in [5, 5.41) is 1.02. The summed E-state index contributed by atoms with van der Waals surface area (Å²) >= 11 is 0. The molecule has 1 aliphatic heterocycles. The maximum absolute atomic E-state index is 13.9. The molecule has 1 aromatic heterocycles. The molecule has 3 atom stereocenters. The van der Waals surface area contributed by atoms with Crippen LogP contribution in [0.15, 0.2) is 24.3 Å². The van der Waals surface area contributed by atoms with Gasteiger partial charge in [0.15, 0.2) is 0 Å². The van der Waals surface area contributed by atoms with Gasteiger partial charge in [-0.1, -0.05) is 38.0 Å². The van der Waals surface area contributed by atoms with Crippen LogP contribution in [0.3, 0.4) is 0 Å². The van der Waals surface area contributed by atoms with Crippen LogP contribution in [0, 0.1) is 5.92 Å². The fourth-order valence-electron chi connectivity index (χ4n) is 5.30. The van der Waals surface area contributed by atoms with Gasteiger partial charge in [-0.05, 0) is 49.7 Å². The molecule has 1 aromatic carbocycles. The summed E-state index contributed by atoms with van der Waals surface area (Å²) in [6, 6.07) is 8.42. The van der Waals surface area contributed by atoms with Crippen molar-refractivity contribution < 1.29 is 9.53 Å². The lowest BCUT2D eigenvalue weighted by molar-refractivity contribution is -0.0752. The molecule has 1 amide bonds. The number of pyridine rings is 1. The fourth-order valence-corrected chi connectivity index (χ4v) is 5.30. The number of benzene rings is 1. The van der Waals surface area contributed by atoms with Gasteiger partial charge >= 0.3 is 0 Å². The molecule has 2 aromatic rings. The molecule has 1 saturated heterocycles. The minimum atomic E-state index is 0.208. The van der Waals surface area contributed by atoms with Crippen molar-refractivity contribution >= 4 is 16.8 Å². The quantitative estimate of drug-likeness (QED) is 0.764. The molecule has 2 aliphatic carbocycles. The number of nitrogens with zero attached hydrogens (tertiary/aromatic N) is 2. The number of aromatic nitrogens is 1. The predicted octanol–water partition coefficient (Wildman–Crippen LogP) is 4.14. The number of morpholine rings is 1. The summed E-state index contributed by atoms with van der Waals surface area (Å²) in [6.07, 6.45) is 7.89. The minimum absolute atomic E-state index is 0.208. The molecule has 0 radical (unpaired) electrons. The average molecular weight is 364 g/mol. The fraction of sp³-hybridized carbons (Fsp3) is 0.565. The Morgan fingerprint density at radius 1 is 1.19 bits per heavy atom. The predicted molar refractivity (Wildman–Crippen MR) is 106 cm³/mol. The van der Waals surface area contributed by atoms with E-state index in [4.69, 9.17) is 9.72 Å². The van der Waals surface area contributed by atoms with E-state index in [0.717, 1.165) is 54.3 Å². The number of para-hydroxylation sites is 1. The van der Waals surface area contributed by atoms with Gasteiger partial charge in [-0.2, -0.15) is 0 Å². The van der Waals surface area contributed by atoms with Crippen molar-refractivity contribution in [3.63, 3.8) is 0 Å². The zero-order valence-corrected chi connectivity index (χ0v) is 16.1. The number of hydrogen-bond donors (Lipinski definition) is 0. The second-order valence-electron chi connectivity index (χ2n) is 8.54. The van der Waals surface area contributed by atoms with Crippen molar-refractivity contribution in [1.82, 2.24) is 9.88 Å². The highest BCUT2D eigenvalue weighted by molar-refractivity contribution is 6.08. The maximum Gasteiger partial charge on any atom is 0.255 e. The van der Waals surface area contributed by atoms with Crippen LogP contribution < -0.4 is 0 Å². The third kappa shape index (κ3) is 2.94. The van der Waals surface area contributed by atoms with Gasteiger partial charge in [0.1, 0.15) is 0 Å². The highest BCUT2D eigenvalue weighted by atomic mass is 16.5. The summed E-state index contributed by atoms with van der Waals surface area (Å²) in [7, 11) is 0. The minimum Gasteiger partial charge on any atom is -0.374 e. The Morgan fingerprint density at radius 2 is 2.04 bits per heavy atom. The Balaban J connectivity index is 1.63. The van der Waals surface area contributed by atoms with Crippen LogP contribution in [0.5, 0.6) is 0 Å². The van der Waals surface area contributed by atoms with Crippen molar-refractivity contribution in [1.29, 1.82) is 0 Å². The summed E-state index contributed by atoms with van der Waals surface area (Å²) in [5.41, 5.74) is 4.23. The number of rotatable bonds is 1. The van der Waals surface area contributed by atoms with Gasteiger partial charge in [-0.3, -0.25) is 9.78 Å². The lowest BCUT2D eigenvalue weighted by Gasteiger charge is -2.44. The molecule has 2 heterocycles. The zero-order chi connectivity index (χ0) is 18.4. The molecule has 0 N–H and O–H groups in total. The van der Waals surface area contributed by atoms with Crippen molar-refractivity contribution in [2.24, 2.45) is 5.92 Å². The van der Waals surface area contributed by atoms with E-state index < -0.39 is 0 Å². The van der Waals surface area contributed by atoms with Gasteiger partial charge in [0.05, 0.1) is 29.8 Å². The number of carbonyl (C=O) groups is 1. The van der Waals surface area contributed by atoms with Gasteiger partial charge < -0.3 is 9.64 Å². The Bertz CT molecular complexity index is 876. The first-order valence-corrected chi connectivity index (χ1v) is 10.6. The molecule has 1 saturated carbocycles. The molecule has 4 nitrogen and oxygen atoms in total. The van der Waals surface area contributed by atoms with E-state index in [1.54, 1.807) is 0 Å². The van der Waals surface area contributed by atoms with Crippen molar-refractivity contribution in [3.8, 4) is 0 Å². The molecule has 0 bridgehead atoms. The highest BCUT2D eigenvalue weighted by Crippen LogP contribution is 2.35. The molecule has 27 heavy (non-hydrogen) atoms. The Morgan fingerprint density at radius 3 is 2.96 bits per heavy atom. The zero-order valence-electron chi connectivity index (χ0n) is 16.1. The topological polar surface area (TPSA) is 42.4 Å². The maximum atomic E-state index is 13.9. The monoisotopic (exact) mass is 364 g/mol. The number of aryl methyl sites for hydroxylation is 1. The van der Waals surface area contributed by atoms with E-state index in [1.807, 2.05) is 18.2 Å². The molecular formula is C23H28N2O2. The standard InChI is InChI=1S/C23H28N2O2/c1-15-10-11-19-17(14-15)22(16-6-2-3-7-18(16)24-19)23(26)25-12-13-27-21-9-5-4-8-20(21)25/h2-3,6-7,15,20-21H,4-5,8-14H2,1H3. The number of ether oxygens (including phenoxy) is 1. The summed E-state index contributed by atoms with van der Waals surface area (Å²) < 4.78 is 6.01. The number of amides is 1. The van der Waals surface area contributed by atoms with Crippen LogP contribution in [-0.4, -0.2) is 41.1 Å². The SMILES string of the molecule is CC1CCc2nc3ccccc3c(C(=O)N3CCOC4CCCCC43)c2C1. The van der Waals surface area contributed by atoms with E-state index in [0.29, 0.717) is 19.1 Å². The molecule has 3 unspecified atom stereocenters. The molecule has 142 valence electrons. The van der Waals surface area contributed by atoms with Crippen LogP contribution in [0.25, 0.3) is 10.9 Å². The second kappa shape index (κ2) is 6.90. The molecular weight excluding hydrogens is 336 g/mol. The summed E-state index contributed by atoms with van der Waals surface area (Å²) in [5.74, 6) is 0.818. The second-order valence-corrected chi connectivity index (χ2v) is 8.54. The normalized spacial score (nSPS) is 27.9. The Labute approximate surface area is 160 Å². The van der Waals surface area contributed by atoms with E-state index in [-0.39, 0.29) is 18.1 Å². The van der Waals surface area contributed by atoms with Crippen LogP contribution in [-0.2, 0) is 17.6 Å². The van der Waals surface area contributed by atoms with Crippen molar-refractivity contribution in [2.45, 2.75) is 64.0 Å². The Kier molecular flexibility index (Phi) is 4.39. The molecule has 2 fully saturated rings. The van der Waals surface area contributed by atoms with Gasteiger partial charge in [0, 0.05) is 17.6 Å². The number of fused-ring (bicyclic) bond motifs is 3. The van der Waals surface area contributed by atoms with E-state index >= 15 is 0 Å². The largest absolute Gasteiger partial charge is 0.374 e. The van der Waals surface area contributed by atoms with Gasteiger partial charge in [0.2, 0.25) is 0 Å². The van der Waals surface area contributed by atoms with Crippen LogP contribution in [0.1, 0.15) is 60.6 Å². The molecule has 5 rings (SSSR count). The first-order chi connectivity index (χ1) is 13.2. The van der Waals surface area contributed by atoms with Crippen LogP contribution in [0.2, 0.25) is 0 Å². The molecule has 4 heteroatoms. The summed E-state index contributed by atoms with van der Waals surface area (Å²) in [4.78, 5) is 20.9. The van der Waals surface area contributed by atoms with Crippen LogP contribution in [0.4, 0.5) is 0 Å². The third-order valence-corrected chi connectivity index (χ3v) is 6.71. The van der Waals surface area contributed by atoms with Crippen molar-refractivity contribution in [3.05, 3.63) is 41.1 Å². The van der Waals surface area contributed by atoms with Gasteiger partial charge in [-0.15, -0.1) is 0 Å². The first kappa shape index (κ1) is 17.2. The Hall–Kier alpha value is -1.94. The van der Waals surface area contributed by atoms with E-state index in [1.165, 1.54) is 18.4 Å². The van der Waals surface area contributed by atoms with Gasteiger partial charge in [0.25, 0.3) is 5.91 Å². The molecule has 3 aliphatic rings. The first-order valence-electron chi connectivity index (χ1n) is 10.6. The third-order valence-electron chi connectivity index (χ3n) is 6.71.